The highest BCUT2D eigenvalue weighted by atomic mass is 35.5. The smallest absolute Gasteiger partial charge is 0.475 e. The molecule has 0 bridgehead atoms. The fraction of sp³-hybridized carbons (Fsp3) is 0.0769. The number of aliphatic carboxylic acids is 1. The van der Waals surface area contributed by atoms with Gasteiger partial charge >= 0.3 is 12.1 Å². The van der Waals surface area contributed by atoms with Crippen LogP contribution >= 0.6 is 11.6 Å². The van der Waals surface area contributed by atoms with E-state index in [1.807, 2.05) is 65.2 Å². The van der Waals surface area contributed by atoms with Crippen LogP contribution in [0.4, 0.5) is 13.2 Å². The highest BCUT2D eigenvalue weighted by molar-refractivity contribution is 6.30. The molecular weight excluding hydrogens is 525 g/mol. The summed E-state index contributed by atoms with van der Waals surface area (Å²) in [5.41, 5.74) is 5.50. The number of carboxylic acids is 1. The Hall–Kier alpha value is -4.64. The Bertz CT molecular complexity index is 1570. The van der Waals surface area contributed by atoms with Gasteiger partial charge in [0.25, 0.3) is 5.91 Å². The molecule has 0 aliphatic carbocycles. The number of carbonyl (C=O) groups is 2. The molecule has 194 valence electrons. The average molecular weight is 543 g/mol. The molecule has 5 rings (SSSR count). The van der Waals surface area contributed by atoms with Crippen molar-refractivity contribution in [3.63, 3.8) is 0 Å². The lowest BCUT2D eigenvalue weighted by Gasteiger charge is -2.08. The summed E-state index contributed by atoms with van der Waals surface area (Å²) in [7, 11) is 0. The summed E-state index contributed by atoms with van der Waals surface area (Å²) >= 11 is 6.17. The highest BCUT2D eigenvalue weighted by Gasteiger charge is 2.38. The van der Waals surface area contributed by atoms with Crippen molar-refractivity contribution in [3.8, 4) is 22.5 Å². The molecule has 8 nitrogen and oxygen atoms in total. The van der Waals surface area contributed by atoms with Crippen LogP contribution < -0.4 is 5.32 Å². The van der Waals surface area contributed by atoms with Gasteiger partial charge in [-0.25, -0.2) is 9.78 Å². The van der Waals surface area contributed by atoms with Crippen molar-refractivity contribution in [1.82, 2.24) is 19.7 Å². The predicted octanol–water partition coefficient (Wildman–Crippen LogP) is 5.87. The molecule has 1 amide bonds. The minimum absolute atomic E-state index is 0.199. The Balaban J connectivity index is 0.000000426. The van der Waals surface area contributed by atoms with E-state index in [9.17, 15) is 18.0 Å². The van der Waals surface area contributed by atoms with Crippen LogP contribution in [-0.4, -0.2) is 37.5 Å². The van der Waals surface area contributed by atoms with Crippen LogP contribution in [0.5, 0.6) is 0 Å². The Morgan fingerprint density at radius 2 is 1.87 bits per heavy atom. The normalized spacial score (nSPS) is 11.1. The number of pyridine rings is 2. The summed E-state index contributed by atoms with van der Waals surface area (Å²) in [5.74, 6) is -2.96. The van der Waals surface area contributed by atoms with Gasteiger partial charge in [-0.3, -0.25) is 9.78 Å². The molecule has 2 N–H and O–H groups in total. The summed E-state index contributed by atoms with van der Waals surface area (Å²) < 4.78 is 38.9. The van der Waals surface area contributed by atoms with Crippen molar-refractivity contribution in [3.05, 3.63) is 102 Å². The summed E-state index contributed by atoms with van der Waals surface area (Å²) in [6, 6.07) is 17.2. The number of nitrogens with one attached hydrogen (secondary N) is 1. The van der Waals surface area contributed by atoms with Crippen LogP contribution in [0.25, 0.3) is 28.0 Å². The summed E-state index contributed by atoms with van der Waals surface area (Å²) in [6.07, 6.45) is 3.21. The molecule has 0 radical (unpaired) electrons. The van der Waals surface area contributed by atoms with Crippen molar-refractivity contribution in [2.45, 2.75) is 12.7 Å². The van der Waals surface area contributed by atoms with E-state index in [4.69, 9.17) is 25.9 Å². The molecule has 1 aromatic carbocycles. The van der Waals surface area contributed by atoms with Crippen molar-refractivity contribution >= 4 is 29.0 Å². The maximum absolute atomic E-state index is 13.1. The molecule has 5 aromatic rings. The molecule has 4 aromatic heterocycles. The van der Waals surface area contributed by atoms with Crippen molar-refractivity contribution in [2.75, 3.05) is 0 Å². The second-order valence-corrected chi connectivity index (χ2v) is 8.29. The lowest BCUT2D eigenvalue weighted by molar-refractivity contribution is -0.192. The van der Waals surface area contributed by atoms with E-state index in [2.05, 4.69) is 15.3 Å². The molecule has 12 heteroatoms. The number of alkyl halides is 3. The number of oxazole rings is 1. The number of fused-ring (bicyclic) bond motifs is 1. The first-order chi connectivity index (χ1) is 18.1. The monoisotopic (exact) mass is 542 g/mol. The number of benzene rings is 1. The van der Waals surface area contributed by atoms with Gasteiger partial charge in [0.05, 0.1) is 11.3 Å². The molecule has 0 aliphatic rings. The van der Waals surface area contributed by atoms with E-state index in [1.165, 1.54) is 12.7 Å². The van der Waals surface area contributed by atoms with E-state index in [0.29, 0.717) is 28.5 Å². The summed E-state index contributed by atoms with van der Waals surface area (Å²) in [5, 5.41) is 10.8. The van der Waals surface area contributed by atoms with Crippen molar-refractivity contribution in [2.24, 2.45) is 0 Å². The predicted molar refractivity (Wildman–Crippen MR) is 132 cm³/mol. The number of amides is 1. The number of nitrogens with zero attached hydrogens (tertiary/aromatic N) is 3. The number of hydrogen-bond acceptors (Lipinski definition) is 5. The van der Waals surface area contributed by atoms with Gasteiger partial charge in [-0.05, 0) is 47.0 Å². The number of aromatic nitrogens is 3. The minimum atomic E-state index is -5.08. The molecule has 0 unspecified atom stereocenters. The number of rotatable bonds is 5. The van der Waals surface area contributed by atoms with Gasteiger partial charge in [0.2, 0.25) is 0 Å². The molecule has 4 heterocycles. The Labute approximate surface area is 218 Å². The maximum Gasteiger partial charge on any atom is 0.490 e. The minimum Gasteiger partial charge on any atom is -0.475 e. The van der Waals surface area contributed by atoms with E-state index < -0.39 is 12.1 Å². The number of hydrogen-bond donors (Lipinski definition) is 2. The summed E-state index contributed by atoms with van der Waals surface area (Å²) in [6.45, 7) is 0.380. The molecular formula is C26H18ClF3N4O4. The molecule has 0 saturated carbocycles. The molecule has 0 spiro atoms. The number of carboxylic acid groups (broad SMARTS) is 1. The fourth-order valence-electron chi connectivity index (χ4n) is 3.55. The van der Waals surface area contributed by atoms with Gasteiger partial charge in [-0.1, -0.05) is 35.9 Å². The number of carbonyl (C=O) groups excluding carboxylic acids is 1. The van der Waals surface area contributed by atoms with E-state index in [-0.39, 0.29) is 5.91 Å². The lowest BCUT2D eigenvalue weighted by Crippen LogP contribution is -2.23. The molecule has 0 saturated heterocycles. The van der Waals surface area contributed by atoms with E-state index in [1.54, 1.807) is 12.4 Å². The van der Waals surface area contributed by atoms with Crippen molar-refractivity contribution < 1.29 is 32.3 Å². The van der Waals surface area contributed by atoms with Crippen molar-refractivity contribution in [1.29, 1.82) is 0 Å². The third kappa shape index (κ3) is 6.19. The Kier molecular flexibility index (Phi) is 7.77. The van der Waals surface area contributed by atoms with Crippen LogP contribution in [0.3, 0.4) is 0 Å². The zero-order valence-electron chi connectivity index (χ0n) is 19.3. The maximum atomic E-state index is 13.1. The molecule has 0 fully saturated rings. The third-order valence-electron chi connectivity index (χ3n) is 5.26. The van der Waals surface area contributed by atoms with Crippen LogP contribution in [0, 0.1) is 0 Å². The quantitative estimate of drug-likeness (QED) is 0.287. The van der Waals surface area contributed by atoms with Crippen LogP contribution in [0.2, 0.25) is 5.02 Å². The first kappa shape index (κ1) is 26.4. The van der Waals surface area contributed by atoms with Gasteiger partial charge < -0.3 is 19.2 Å². The second-order valence-electron chi connectivity index (χ2n) is 7.85. The van der Waals surface area contributed by atoms with E-state index >= 15 is 0 Å². The largest absolute Gasteiger partial charge is 0.490 e. The van der Waals surface area contributed by atoms with Crippen LogP contribution in [-0.2, 0) is 11.3 Å². The lowest BCUT2D eigenvalue weighted by atomic mass is 10.1. The average Bonchev–Trinajstić information content (AvgIpc) is 3.55. The van der Waals surface area contributed by atoms with Crippen LogP contribution in [0.1, 0.15) is 15.9 Å². The van der Waals surface area contributed by atoms with E-state index in [0.717, 1.165) is 22.2 Å². The standard InChI is InChI=1S/C24H17ClN4O2.C2HF3O2/c25-19-5-1-4-17(9-19)18-6-7-20-10-21(23(29(20)13-18)22-14-31-15-28-22)24(30)27-12-16-3-2-8-26-11-16;3-2(4,5)1(6)7/h1-11,13-15H,12H2,(H,27,30);(H,6,7). The van der Waals surface area contributed by atoms with Gasteiger partial charge in [0.15, 0.2) is 6.39 Å². The number of halogens is 4. The molecule has 0 atom stereocenters. The second kappa shape index (κ2) is 11.2. The van der Waals surface area contributed by atoms with Gasteiger partial charge in [-0.15, -0.1) is 0 Å². The molecule has 0 aliphatic heterocycles. The Morgan fingerprint density at radius 3 is 2.50 bits per heavy atom. The fourth-order valence-corrected chi connectivity index (χ4v) is 3.74. The first-order valence-corrected chi connectivity index (χ1v) is 11.3. The first-order valence-electron chi connectivity index (χ1n) is 10.9. The topological polar surface area (TPSA) is 110 Å². The van der Waals surface area contributed by atoms with Gasteiger partial charge in [-0.2, -0.15) is 13.2 Å². The third-order valence-corrected chi connectivity index (χ3v) is 5.50. The SMILES string of the molecule is O=C(NCc1cccnc1)c1cc2ccc(-c3cccc(Cl)c3)cn2c1-c1cocn1.O=C(O)C(F)(F)F. The zero-order chi connectivity index (χ0) is 27.3. The summed E-state index contributed by atoms with van der Waals surface area (Å²) in [4.78, 5) is 30.4. The molecule has 38 heavy (non-hydrogen) atoms. The van der Waals surface area contributed by atoms with Gasteiger partial charge in [0, 0.05) is 35.7 Å². The van der Waals surface area contributed by atoms with Crippen LogP contribution in [0.15, 0.2) is 90.3 Å². The zero-order valence-corrected chi connectivity index (χ0v) is 20.1. The Morgan fingerprint density at radius 1 is 1.08 bits per heavy atom. The van der Waals surface area contributed by atoms with Gasteiger partial charge in [0.1, 0.15) is 12.0 Å². The highest BCUT2D eigenvalue weighted by Crippen LogP contribution is 2.30.